The minimum atomic E-state index is -0.574. The van der Waals surface area contributed by atoms with Crippen LogP contribution in [-0.4, -0.2) is 21.2 Å². The van der Waals surface area contributed by atoms with Gasteiger partial charge in [0.25, 0.3) is 0 Å². The van der Waals surface area contributed by atoms with Crippen LogP contribution in [0.15, 0.2) is 30.5 Å². The highest BCUT2D eigenvalue weighted by Crippen LogP contribution is 2.25. The van der Waals surface area contributed by atoms with E-state index in [9.17, 15) is 4.79 Å². The third kappa shape index (κ3) is 3.30. The highest BCUT2D eigenvalue weighted by molar-refractivity contribution is 14.1. The molecule has 20 heavy (non-hydrogen) atoms. The fraction of sp³-hybridized carbons (Fsp3) is 0.286. The molecule has 0 aliphatic carbocycles. The Hall–Kier alpha value is -1.57. The van der Waals surface area contributed by atoms with Gasteiger partial charge in [-0.05, 0) is 49.4 Å². The first-order valence-electron chi connectivity index (χ1n) is 6.11. The zero-order valence-corrected chi connectivity index (χ0v) is 13.7. The van der Waals surface area contributed by atoms with Gasteiger partial charge in [0.2, 0.25) is 5.95 Å². The summed E-state index contributed by atoms with van der Waals surface area (Å²) in [5.74, 6) is 0.119. The molecule has 2 aromatic rings. The van der Waals surface area contributed by atoms with Crippen molar-refractivity contribution in [2.24, 2.45) is 0 Å². The van der Waals surface area contributed by atoms with Gasteiger partial charge in [-0.1, -0.05) is 18.2 Å². The lowest BCUT2D eigenvalue weighted by Gasteiger charge is -2.19. The molecule has 0 saturated carbocycles. The average molecular weight is 385 g/mol. The van der Waals surface area contributed by atoms with E-state index in [0.717, 1.165) is 9.13 Å². The van der Waals surface area contributed by atoms with Crippen LogP contribution in [0.5, 0.6) is 0 Å². The van der Waals surface area contributed by atoms with Crippen LogP contribution >= 0.6 is 22.6 Å². The van der Waals surface area contributed by atoms with Crippen molar-refractivity contribution < 1.29 is 9.53 Å². The molecule has 1 aromatic heterocycles. The Kier molecular flexibility index (Phi) is 4.03. The van der Waals surface area contributed by atoms with Crippen LogP contribution in [0.25, 0.3) is 11.3 Å². The lowest BCUT2D eigenvalue weighted by molar-refractivity contribution is 0.0540. The Balaban J connectivity index is 2.36. The summed E-state index contributed by atoms with van der Waals surface area (Å²) in [6.07, 6.45) is 1.07. The molecule has 0 radical (unpaired) electrons. The average Bonchev–Trinajstić information content (AvgIpc) is 2.69. The molecule has 0 atom stereocenters. The van der Waals surface area contributed by atoms with Crippen molar-refractivity contribution in [3.05, 3.63) is 34.0 Å². The summed E-state index contributed by atoms with van der Waals surface area (Å²) in [4.78, 5) is 16.3. The maximum Gasteiger partial charge on any atom is 0.421 e. The van der Waals surface area contributed by atoms with E-state index < -0.39 is 11.7 Å². The van der Waals surface area contributed by atoms with Crippen LogP contribution in [0, 0.1) is 3.57 Å². The van der Waals surface area contributed by atoms with Crippen LogP contribution in [0.1, 0.15) is 20.8 Å². The van der Waals surface area contributed by atoms with E-state index in [-0.39, 0.29) is 5.95 Å². The quantitative estimate of drug-likeness (QED) is 0.763. The predicted molar refractivity (Wildman–Crippen MR) is 86.4 cm³/mol. The minimum absolute atomic E-state index is 0.119. The molecule has 0 bridgehead atoms. The molecule has 2 rings (SSSR count). The first-order valence-corrected chi connectivity index (χ1v) is 7.19. The number of nitrogens with zero attached hydrogens (tertiary/aromatic N) is 2. The van der Waals surface area contributed by atoms with E-state index in [1.807, 2.05) is 24.3 Å². The lowest BCUT2D eigenvalue weighted by atomic mass is 10.2. The second kappa shape index (κ2) is 5.43. The van der Waals surface area contributed by atoms with E-state index in [4.69, 9.17) is 10.5 Å². The molecule has 0 amide bonds. The van der Waals surface area contributed by atoms with Gasteiger partial charge in [-0.2, -0.15) is 0 Å². The second-order valence-electron chi connectivity index (χ2n) is 5.31. The van der Waals surface area contributed by atoms with Crippen molar-refractivity contribution >= 4 is 34.6 Å². The van der Waals surface area contributed by atoms with E-state index in [0.29, 0.717) is 5.69 Å². The molecule has 1 aromatic carbocycles. The first-order chi connectivity index (χ1) is 9.28. The van der Waals surface area contributed by atoms with E-state index in [2.05, 4.69) is 27.6 Å². The predicted octanol–water partition coefficient (Wildman–Crippen LogP) is 3.52. The first kappa shape index (κ1) is 14.8. The van der Waals surface area contributed by atoms with Gasteiger partial charge in [0.1, 0.15) is 5.60 Å². The summed E-state index contributed by atoms with van der Waals surface area (Å²) in [6.45, 7) is 5.41. The van der Waals surface area contributed by atoms with Crippen molar-refractivity contribution in [2.75, 3.05) is 5.73 Å². The number of aromatic nitrogens is 2. The smallest absolute Gasteiger partial charge is 0.421 e. The zero-order valence-electron chi connectivity index (χ0n) is 11.6. The number of anilines is 1. The number of nitrogens with two attached hydrogens (primary N) is 1. The van der Waals surface area contributed by atoms with Gasteiger partial charge >= 0.3 is 6.09 Å². The fourth-order valence-corrected chi connectivity index (χ4v) is 2.31. The topological polar surface area (TPSA) is 70.1 Å². The number of ether oxygens (including phenoxy) is 1. The Morgan fingerprint density at radius 3 is 2.60 bits per heavy atom. The molecule has 0 aliphatic heterocycles. The lowest BCUT2D eigenvalue weighted by Crippen LogP contribution is -2.27. The van der Waals surface area contributed by atoms with Gasteiger partial charge in [-0.3, -0.25) is 0 Å². The molecule has 2 N–H and O–H groups in total. The molecular weight excluding hydrogens is 369 g/mol. The van der Waals surface area contributed by atoms with Crippen molar-refractivity contribution in [1.29, 1.82) is 0 Å². The van der Waals surface area contributed by atoms with Gasteiger partial charge in [-0.15, -0.1) is 0 Å². The molecule has 106 valence electrons. The number of rotatable bonds is 1. The van der Waals surface area contributed by atoms with Crippen molar-refractivity contribution in [3.63, 3.8) is 0 Å². The molecule has 0 spiro atoms. The highest BCUT2D eigenvalue weighted by atomic mass is 127. The maximum atomic E-state index is 12.0. The molecule has 0 fully saturated rings. The summed E-state index contributed by atoms with van der Waals surface area (Å²) >= 11 is 2.22. The molecule has 0 aliphatic rings. The fourth-order valence-electron chi connectivity index (χ4n) is 1.65. The third-order valence-corrected chi connectivity index (χ3v) is 3.41. The second-order valence-corrected chi connectivity index (χ2v) is 6.48. The zero-order chi connectivity index (χ0) is 14.9. The van der Waals surface area contributed by atoms with Crippen molar-refractivity contribution in [3.8, 4) is 11.3 Å². The van der Waals surface area contributed by atoms with Gasteiger partial charge in [0.15, 0.2) is 0 Å². The van der Waals surface area contributed by atoms with Crippen molar-refractivity contribution in [1.82, 2.24) is 9.55 Å². The van der Waals surface area contributed by atoms with Crippen LogP contribution in [0.4, 0.5) is 10.7 Å². The summed E-state index contributed by atoms with van der Waals surface area (Å²) in [5.41, 5.74) is 6.81. The number of halogens is 1. The van der Waals surface area contributed by atoms with Crippen LogP contribution in [-0.2, 0) is 4.74 Å². The van der Waals surface area contributed by atoms with Gasteiger partial charge in [0, 0.05) is 15.3 Å². The van der Waals surface area contributed by atoms with Crippen LogP contribution < -0.4 is 5.73 Å². The normalized spacial score (nSPS) is 11.4. The molecular formula is C14H16IN3O2. The van der Waals surface area contributed by atoms with Crippen LogP contribution in [0.2, 0.25) is 0 Å². The standard InChI is InChI=1S/C14H16IN3O2/c1-14(2,3)20-13(19)18-8-11(17-12(18)16)9-6-4-5-7-10(9)15/h4-8H,1-3H3,(H2,16,17). The molecule has 6 heteroatoms. The number of benzene rings is 1. The maximum absolute atomic E-state index is 12.0. The Morgan fingerprint density at radius 2 is 2.00 bits per heavy atom. The highest BCUT2D eigenvalue weighted by Gasteiger charge is 2.21. The van der Waals surface area contributed by atoms with Gasteiger partial charge < -0.3 is 10.5 Å². The third-order valence-electron chi connectivity index (χ3n) is 2.47. The van der Waals surface area contributed by atoms with E-state index >= 15 is 0 Å². The molecule has 1 heterocycles. The molecule has 0 unspecified atom stereocenters. The van der Waals surface area contributed by atoms with Gasteiger partial charge in [0.05, 0.1) is 5.69 Å². The largest absolute Gasteiger partial charge is 0.443 e. The van der Waals surface area contributed by atoms with Crippen LogP contribution in [0.3, 0.4) is 0 Å². The van der Waals surface area contributed by atoms with Crippen molar-refractivity contribution in [2.45, 2.75) is 26.4 Å². The number of hydrogen-bond donors (Lipinski definition) is 1. The van der Waals surface area contributed by atoms with E-state index in [1.54, 1.807) is 27.0 Å². The summed E-state index contributed by atoms with van der Waals surface area (Å²) < 4.78 is 7.55. The number of imidazole rings is 1. The Bertz CT molecular complexity index is 644. The number of nitrogen functional groups attached to an aromatic ring is 1. The Morgan fingerprint density at radius 1 is 1.35 bits per heavy atom. The SMILES string of the molecule is CC(C)(C)OC(=O)n1cc(-c2ccccc2I)nc1N. The molecule has 5 nitrogen and oxygen atoms in total. The summed E-state index contributed by atoms with van der Waals surface area (Å²) in [6, 6.07) is 7.77. The minimum Gasteiger partial charge on any atom is -0.443 e. The Labute approximate surface area is 131 Å². The number of hydrogen-bond acceptors (Lipinski definition) is 4. The number of carbonyl (C=O) groups is 1. The number of carbonyl (C=O) groups excluding carboxylic acids is 1. The summed E-state index contributed by atoms with van der Waals surface area (Å²) in [5, 5.41) is 0. The molecule has 0 saturated heterocycles. The summed E-state index contributed by atoms with van der Waals surface area (Å²) in [7, 11) is 0. The van der Waals surface area contributed by atoms with E-state index in [1.165, 1.54) is 4.57 Å². The van der Waals surface area contributed by atoms with Gasteiger partial charge in [-0.25, -0.2) is 14.3 Å². The monoisotopic (exact) mass is 385 g/mol.